The van der Waals surface area contributed by atoms with Gasteiger partial charge in [-0.15, -0.1) is 0 Å². The number of carbonyl (C=O) groups excluding carboxylic acids is 2. The molecule has 1 aromatic heterocycles. The van der Waals surface area contributed by atoms with E-state index < -0.39 is 5.82 Å². The zero-order valence-corrected chi connectivity index (χ0v) is 14.7. The third-order valence-corrected chi connectivity index (χ3v) is 5.27. The van der Waals surface area contributed by atoms with Crippen molar-refractivity contribution in [3.8, 4) is 6.07 Å². The molecule has 27 heavy (non-hydrogen) atoms. The predicted molar refractivity (Wildman–Crippen MR) is 98.1 cm³/mol. The van der Waals surface area contributed by atoms with Crippen molar-refractivity contribution >= 4 is 39.8 Å². The lowest BCUT2D eigenvalue weighted by molar-refractivity contribution is -0.118. The summed E-state index contributed by atoms with van der Waals surface area (Å²) in [5.74, 6) is -1.30. The van der Waals surface area contributed by atoms with Gasteiger partial charge in [0, 0.05) is 24.0 Å². The molecule has 3 N–H and O–H groups in total. The summed E-state index contributed by atoms with van der Waals surface area (Å²) >= 11 is 0. The number of anilines is 3. The quantitative estimate of drug-likeness (QED) is 0.810. The fraction of sp³-hybridized carbons (Fsp3) is 0.368. The minimum absolute atomic E-state index is 0.0773. The molecule has 1 saturated heterocycles. The van der Waals surface area contributed by atoms with Crippen molar-refractivity contribution in [3.05, 3.63) is 24.1 Å². The van der Waals surface area contributed by atoms with Gasteiger partial charge in [0.25, 0.3) is 0 Å². The van der Waals surface area contributed by atoms with Gasteiger partial charge in [0.1, 0.15) is 5.82 Å². The Balaban J connectivity index is 1.70. The lowest BCUT2D eigenvalue weighted by Crippen LogP contribution is -2.31. The maximum absolute atomic E-state index is 14.8. The highest BCUT2D eigenvalue weighted by molar-refractivity contribution is 6.03. The molecular weight excluding hydrogens is 349 g/mol. The van der Waals surface area contributed by atoms with E-state index in [-0.39, 0.29) is 41.1 Å². The molecule has 0 spiro atoms. The lowest BCUT2D eigenvalue weighted by atomic mass is 10.1. The average Bonchev–Trinajstić information content (AvgIpc) is 3.37. The Morgan fingerprint density at radius 2 is 2.26 bits per heavy atom. The molecule has 138 valence electrons. The van der Waals surface area contributed by atoms with Crippen LogP contribution >= 0.6 is 0 Å². The summed E-state index contributed by atoms with van der Waals surface area (Å²) in [7, 11) is 0. The number of benzene rings is 1. The normalized spacial score (nSPS) is 24.1. The molecule has 1 aliphatic heterocycles. The Bertz CT molecular complexity index is 1020. The molecule has 2 heterocycles. The number of nitrogens with one attached hydrogen (secondary N) is 1. The molecule has 7 nitrogen and oxygen atoms in total. The molecule has 0 radical (unpaired) electrons. The smallest absolute Gasteiger partial charge is 0.230 e. The predicted octanol–water partition coefficient (Wildman–Crippen LogP) is 2.57. The molecule has 1 saturated carbocycles. The standard InChI is InChI=1S/C19H18FN5O2/c1-9-2-3-16(26)25(9)14-5-10-6-15(23-8-13(10)18(22)17(14)20)24-19(27)12-4-11(12)7-21/h5-6,8-9,11-12H,2-4,22H2,1H3,(H,23,24,27)/t9-,11+,12-/m1/s1. The summed E-state index contributed by atoms with van der Waals surface area (Å²) in [6.45, 7) is 1.87. The molecule has 3 atom stereocenters. The van der Waals surface area contributed by atoms with Crippen LogP contribution in [0.1, 0.15) is 26.2 Å². The fourth-order valence-corrected chi connectivity index (χ4v) is 3.57. The number of nitriles is 1. The first kappa shape index (κ1) is 17.2. The number of fused-ring (bicyclic) bond motifs is 1. The molecule has 8 heteroatoms. The average molecular weight is 367 g/mol. The molecule has 2 aromatic rings. The van der Waals surface area contributed by atoms with Crippen molar-refractivity contribution < 1.29 is 14.0 Å². The number of amides is 2. The summed E-state index contributed by atoms with van der Waals surface area (Å²) in [6.07, 6.45) is 2.98. The van der Waals surface area contributed by atoms with Gasteiger partial charge in [-0.3, -0.25) is 9.59 Å². The number of nitrogens with zero attached hydrogens (tertiary/aromatic N) is 3. The van der Waals surface area contributed by atoms with Crippen LogP contribution in [0.5, 0.6) is 0 Å². The van der Waals surface area contributed by atoms with Crippen LogP contribution in [0.25, 0.3) is 10.8 Å². The van der Waals surface area contributed by atoms with Gasteiger partial charge in [-0.1, -0.05) is 0 Å². The third-order valence-electron chi connectivity index (χ3n) is 5.27. The van der Waals surface area contributed by atoms with Crippen LogP contribution in [-0.2, 0) is 9.59 Å². The number of nitrogen functional groups attached to an aromatic ring is 1. The number of rotatable bonds is 3. The number of halogens is 1. The Morgan fingerprint density at radius 3 is 2.89 bits per heavy atom. The molecule has 1 aliphatic carbocycles. The first-order valence-corrected chi connectivity index (χ1v) is 8.81. The van der Waals surface area contributed by atoms with Crippen LogP contribution in [0, 0.1) is 29.0 Å². The highest BCUT2D eigenvalue weighted by Gasteiger charge is 2.43. The highest BCUT2D eigenvalue weighted by atomic mass is 19.1. The Labute approximate surface area is 155 Å². The lowest BCUT2D eigenvalue weighted by Gasteiger charge is -2.23. The second-order valence-electron chi connectivity index (χ2n) is 7.13. The van der Waals surface area contributed by atoms with E-state index in [1.807, 2.05) is 6.92 Å². The van der Waals surface area contributed by atoms with Gasteiger partial charge in [0.2, 0.25) is 11.8 Å². The maximum Gasteiger partial charge on any atom is 0.230 e. The van der Waals surface area contributed by atoms with Gasteiger partial charge in [0.05, 0.1) is 29.3 Å². The van der Waals surface area contributed by atoms with Crippen LogP contribution in [-0.4, -0.2) is 22.8 Å². The van der Waals surface area contributed by atoms with E-state index in [4.69, 9.17) is 11.0 Å². The van der Waals surface area contributed by atoms with Crippen molar-refractivity contribution in [2.45, 2.75) is 32.2 Å². The van der Waals surface area contributed by atoms with E-state index in [1.54, 1.807) is 12.1 Å². The summed E-state index contributed by atoms with van der Waals surface area (Å²) < 4.78 is 14.8. The van der Waals surface area contributed by atoms with Gasteiger partial charge >= 0.3 is 0 Å². The molecule has 1 aromatic carbocycles. The first-order valence-electron chi connectivity index (χ1n) is 8.81. The van der Waals surface area contributed by atoms with Gasteiger partial charge in [-0.2, -0.15) is 5.26 Å². The second-order valence-corrected chi connectivity index (χ2v) is 7.13. The minimum Gasteiger partial charge on any atom is -0.396 e. The largest absolute Gasteiger partial charge is 0.396 e. The Kier molecular flexibility index (Phi) is 3.95. The number of hydrogen-bond donors (Lipinski definition) is 2. The summed E-state index contributed by atoms with van der Waals surface area (Å²) in [5, 5.41) is 12.5. The molecule has 0 bridgehead atoms. The van der Waals surface area contributed by atoms with Gasteiger partial charge in [-0.05, 0) is 37.3 Å². The van der Waals surface area contributed by atoms with Gasteiger partial charge in [0.15, 0.2) is 5.82 Å². The number of nitrogens with two attached hydrogens (primary N) is 1. The number of pyridine rings is 1. The summed E-state index contributed by atoms with van der Waals surface area (Å²) in [4.78, 5) is 29.8. The topological polar surface area (TPSA) is 112 Å². The zero-order valence-electron chi connectivity index (χ0n) is 14.7. The molecule has 0 unspecified atom stereocenters. The third kappa shape index (κ3) is 2.85. The molecule has 4 rings (SSSR count). The van der Waals surface area contributed by atoms with E-state index in [0.717, 1.165) is 0 Å². The van der Waals surface area contributed by atoms with E-state index in [9.17, 15) is 14.0 Å². The summed E-state index contributed by atoms with van der Waals surface area (Å²) in [5.41, 5.74) is 6.01. The molecule has 2 fully saturated rings. The van der Waals surface area contributed by atoms with Crippen molar-refractivity contribution in [2.24, 2.45) is 11.8 Å². The van der Waals surface area contributed by atoms with E-state index in [0.29, 0.717) is 35.9 Å². The number of aromatic nitrogens is 1. The molecule has 2 aliphatic rings. The second kappa shape index (κ2) is 6.20. The van der Waals surface area contributed by atoms with Gasteiger partial charge in [-0.25, -0.2) is 9.37 Å². The van der Waals surface area contributed by atoms with Crippen molar-refractivity contribution in [2.75, 3.05) is 16.0 Å². The van der Waals surface area contributed by atoms with E-state index >= 15 is 0 Å². The van der Waals surface area contributed by atoms with E-state index in [2.05, 4.69) is 16.4 Å². The Hall–Kier alpha value is -3.21. The SMILES string of the molecule is C[C@@H]1CCC(=O)N1c1cc2cc(NC(=O)[C@@H]3C[C@H]3C#N)ncc2c(N)c1F. The minimum atomic E-state index is -0.641. The molecular formula is C19H18FN5O2. The summed E-state index contributed by atoms with van der Waals surface area (Å²) in [6, 6.07) is 5.12. The van der Waals surface area contributed by atoms with Crippen LogP contribution in [0.3, 0.4) is 0 Å². The van der Waals surface area contributed by atoms with Crippen molar-refractivity contribution in [1.29, 1.82) is 5.26 Å². The highest BCUT2D eigenvalue weighted by Crippen LogP contribution is 2.39. The number of carbonyl (C=O) groups is 2. The van der Waals surface area contributed by atoms with Crippen LogP contribution in [0.15, 0.2) is 18.3 Å². The van der Waals surface area contributed by atoms with Crippen LogP contribution in [0.2, 0.25) is 0 Å². The monoisotopic (exact) mass is 367 g/mol. The fourth-order valence-electron chi connectivity index (χ4n) is 3.57. The van der Waals surface area contributed by atoms with Gasteiger partial charge < -0.3 is 16.0 Å². The maximum atomic E-state index is 14.8. The van der Waals surface area contributed by atoms with Crippen LogP contribution < -0.4 is 16.0 Å². The molecule has 2 amide bonds. The van der Waals surface area contributed by atoms with Crippen LogP contribution in [0.4, 0.5) is 21.6 Å². The zero-order chi connectivity index (χ0) is 19.3. The first-order chi connectivity index (χ1) is 12.9. The van der Waals surface area contributed by atoms with Crippen molar-refractivity contribution in [3.63, 3.8) is 0 Å². The van der Waals surface area contributed by atoms with Crippen molar-refractivity contribution in [1.82, 2.24) is 4.98 Å². The van der Waals surface area contributed by atoms with E-state index in [1.165, 1.54) is 11.1 Å². The Morgan fingerprint density at radius 1 is 1.48 bits per heavy atom. The number of hydrogen-bond acceptors (Lipinski definition) is 5.